The molecule has 0 saturated carbocycles. The van der Waals surface area contributed by atoms with Crippen molar-refractivity contribution in [3.05, 3.63) is 41.6 Å². The van der Waals surface area contributed by atoms with E-state index in [1.54, 1.807) is 0 Å². The minimum absolute atomic E-state index is 0.452. The van der Waals surface area contributed by atoms with Crippen LogP contribution in [0.15, 0.2) is 30.3 Å². The Labute approximate surface area is 106 Å². The van der Waals surface area contributed by atoms with Gasteiger partial charge in [0.15, 0.2) is 0 Å². The highest BCUT2D eigenvalue weighted by atomic mass is 16.5. The van der Waals surface area contributed by atoms with E-state index in [2.05, 4.69) is 17.2 Å². The molecule has 1 atom stereocenters. The molecule has 2 N–H and O–H groups in total. The molecule has 1 aliphatic rings. The number of nitrogens with zero attached hydrogens (tertiary/aromatic N) is 2. The van der Waals surface area contributed by atoms with Gasteiger partial charge in [0.2, 0.25) is 0 Å². The third kappa shape index (κ3) is 1.94. The number of aryl methyl sites for hydroxylation is 1. The lowest BCUT2D eigenvalue weighted by Crippen LogP contribution is -2.19. The second kappa shape index (κ2) is 4.37. The number of aromatic nitrogens is 2. The summed E-state index contributed by atoms with van der Waals surface area (Å²) in [6.07, 6.45) is 1.02. The molecule has 3 rings (SSSR count). The molecule has 4 nitrogen and oxygen atoms in total. The summed E-state index contributed by atoms with van der Waals surface area (Å²) in [7, 11) is 0. The van der Waals surface area contributed by atoms with Gasteiger partial charge in [0.05, 0.1) is 6.61 Å². The van der Waals surface area contributed by atoms with Crippen LogP contribution in [-0.2, 0) is 6.54 Å². The number of anilines is 1. The van der Waals surface area contributed by atoms with Gasteiger partial charge in [-0.05, 0) is 25.0 Å². The maximum atomic E-state index is 5.72. The molecular weight excluding hydrogens is 226 g/mol. The van der Waals surface area contributed by atoms with E-state index in [0.29, 0.717) is 11.7 Å². The summed E-state index contributed by atoms with van der Waals surface area (Å²) in [5.41, 5.74) is 8.11. The highest BCUT2D eigenvalue weighted by molar-refractivity contribution is 5.38. The van der Waals surface area contributed by atoms with Crippen LogP contribution in [0, 0.1) is 6.92 Å². The van der Waals surface area contributed by atoms with E-state index in [0.717, 1.165) is 31.0 Å². The first-order valence-corrected chi connectivity index (χ1v) is 6.25. The first-order chi connectivity index (χ1) is 8.74. The number of rotatable bonds is 2. The van der Waals surface area contributed by atoms with E-state index in [1.807, 2.05) is 29.8 Å². The molecule has 0 amide bonds. The lowest BCUT2D eigenvalue weighted by atomic mass is 9.93. The first-order valence-electron chi connectivity index (χ1n) is 6.25. The van der Waals surface area contributed by atoms with E-state index in [9.17, 15) is 0 Å². The monoisotopic (exact) mass is 243 g/mol. The summed E-state index contributed by atoms with van der Waals surface area (Å²) in [5.74, 6) is 2.05. The van der Waals surface area contributed by atoms with E-state index in [-0.39, 0.29) is 0 Å². The Kier molecular flexibility index (Phi) is 2.70. The minimum atomic E-state index is 0.452. The Bertz CT molecular complexity index is 562. The SMILES string of the molecule is Cc1cc(N)nn1CC1CCOc2ccccc21. The van der Waals surface area contributed by atoms with Crippen molar-refractivity contribution < 1.29 is 4.74 Å². The van der Waals surface area contributed by atoms with Crippen LogP contribution in [0.25, 0.3) is 0 Å². The van der Waals surface area contributed by atoms with Gasteiger partial charge in [0.1, 0.15) is 11.6 Å². The molecule has 1 aromatic heterocycles. The predicted molar refractivity (Wildman–Crippen MR) is 70.7 cm³/mol. The third-order valence-electron chi connectivity index (χ3n) is 3.48. The maximum absolute atomic E-state index is 5.72. The van der Waals surface area contributed by atoms with Crippen molar-refractivity contribution in [3.63, 3.8) is 0 Å². The average molecular weight is 243 g/mol. The quantitative estimate of drug-likeness (QED) is 0.880. The van der Waals surface area contributed by atoms with Crippen LogP contribution in [0.5, 0.6) is 5.75 Å². The van der Waals surface area contributed by atoms with Crippen molar-refractivity contribution >= 4 is 5.82 Å². The van der Waals surface area contributed by atoms with Crippen molar-refractivity contribution in [1.29, 1.82) is 0 Å². The molecule has 2 aromatic rings. The number of para-hydroxylation sites is 1. The highest BCUT2D eigenvalue weighted by Gasteiger charge is 2.22. The van der Waals surface area contributed by atoms with Crippen molar-refractivity contribution in [1.82, 2.24) is 9.78 Å². The first kappa shape index (κ1) is 11.1. The molecule has 1 aromatic carbocycles. The summed E-state index contributed by atoms with van der Waals surface area (Å²) in [5, 5.41) is 4.33. The molecule has 0 aliphatic carbocycles. The van der Waals surface area contributed by atoms with Gasteiger partial charge in [-0.2, -0.15) is 5.10 Å². The van der Waals surface area contributed by atoms with Gasteiger partial charge < -0.3 is 10.5 Å². The van der Waals surface area contributed by atoms with Crippen LogP contribution in [-0.4, -0.2) is 16.4 Å². The van der Waals surface area contributed by atoms with Crippen molar-refractivity contribution in [2.45, 2.75) is 25.8 Å². The Balaban J connectivity index is 1.88. The lowest BCUT2D eigenvalue weighted by molar-refractivity contribution is 0.256. The Morgan fingerprint density at radius 3 is 3.06 bits per heavy atom. The van der Waals surface area contributed by atoms with Crippen LogP contribution >= 0.6 is 0 Å². The Morgan fingerprint density at radius 2 is 2.28 bits per heavy atom. The topological polar surface area (TPSA) is 53.1 Å². The average Bonchev–Trinajstić information content (AvgIpc) is 2.68. The fraction of sp³-hybridized carbons (Fsp3) is 0.357. The number of hydrogen-bond donors (Lipinski definition) is 1. The molecule has 0 radical (unpaired) electrons. The summed E-state index contributed by atoms with van der Waals surface area (Å²) in [4.78, 5) is 0. The van der Waals surface area contributed by atoms with Gasteiger partial charge in [-0.25, -0.2) is 0 Å². The van der Waals surface area contributed by atoms with Crippen LogP contribution in [0.2, 0.25) is 0 Å². The second-order valence-electron chi connectivity index (χ2n) is 4.76. The zero-order chi connectivity index (χ0) is 12.5. The lowest BCUT2D eigenvalue weighted by Gasteiger charge is -2.26. The fourth-order valence-electron chi connectivity index (χ4n) is 2.53. The molecule has 0 spiro atoms. The standard InChI is InChI=1S/C14H17N3O/c1-10-8-14(15)16-17(10)9-11-6-7-18-13-5-3-2-4-12(11)13/h2-5,8,11H,6-7,9H2,1H3,(H2,15,16). The smallest absolute Gasteiger partial charge is 0.145 e. The highest BCUT2D eigenvalue weighted by Crippen LogP contribution is 2.34. The molecule has 1 aliphatic heterocycles. The number of ether oxygens (including phenoxy) is 1. The van der Waals surface area contributed by atoms with Gasteiger partial charge in [0, 0.05) is 24.2 Å². The van der Waals surface area contributed by atoms with Crippen molar-refractivity contribution in [3.8, 4) is 5.75 Å². The third-order valence-corrected chi connectivity index (χ3v) is 3.48. The molecule has 4 heteroatoms. The van der Waals surface area contributed by atoms with Crippen LogP contribution < -0.4 is 10.5 Å². The molecule has 0 fully saturated rings. The zero-order valence-electron chi connectivity index (χ0n) is 10.5. The molecule has 0 saturated heterocycles. The summed E-state index contributed by atoms with van der Waals surface area (Å²) < 4.78 is 7.66. The van der Waals surface area contributed by atoms with Gasteiger partial charge in [-0.1, -0.05) is 18.2 Å². The van der Waals surface area contributed by atoms with Gasteiger partial charge in [0.25, 0.3) is 0 Å². The number of hydrogen-bond acceptors (Lipinski definition) is 3. The summed E-state index contributed by atoms with van der Waals surface area (Å²) in [6.45, 7) is 3.68. The number of nitrogens with two attached hydrogens (primary N) is 1. The molecule has 1 unspecified atom stereocenters. The Hall–Kier alpha value is -1.97. The molecule has 94 valence electrons. The van der Waals surface area contributed by atoms with E-state index < -0.39 is 0 Å². The molecule has 2 heterocycles. The van der Waals surface area contributed by atoms with Gasteiger partial charge >= 0.3 is 0 Å². The summed E-state index contributed by atoms with van der Waals surface area (Å²) >= 11 is 0. The van der Waals surface area contributed by atoms with Crippen LogP contribution in [0.4, 0.5) is 5.82 Å². The molecule has 18 heavy (non-hydrogen) atoms. The molecular formula is C14H17N3O. The van der Waals surface area contributed by atoms with Crippen molar-refractivity contribution in [2.75, 3.05) is 12.3 Å². The maximum Gasteiger partial charge on any atom is 0.145 e. The van der Waals surface area contributed by atoms with E-state index >= 15 is 0 Å². The number of nitrogen functional groups attached to an aromatic ring is 1. The zero-order valence-corrected chi connectivity index (χ0v) is 10.5. The molecule has 0 bridgehead atoms. The van der Waals surface area contributed by atoms with E-state index in [1.165, 1.54) is 5.56 Å². The van der Waals surface area contributed by atoms with Gasteiger partial charge in [-0.15, -0.1) is 0 Å². The van der Waals surface area contributed by atoms with Crippen LogP contribution in [0.1, 0.15) is 23.6 Å². The van der Waals surface area contributed by atoms with E-state index in [4.69, 9.17) is 10.5 Å². The number of benzene rings is 1. The van der Waals surface area contributed by atoms with Gasteiger partial charge in [-0.3, -0.25) is 4.68 Å². The van der Waals surface area contributed by atoms with Crippen molar-refractivity contribution in [2.24, 2.45) is 0 Å². The largest absolute Gasteiger partial charge is 0.493 e. The van der Waals surface area contributed by atoms with Crippen LogP contribution in [0.3, 0.4) is 0 Å². The predicted octanol–water partition coefficient (Wildman–Crippen LogP) is 2.34. The second-order valence-corrected chi connectivity index (χ2v) is 4.76. The normalized spacial score (nSPS) is 18.2. The Morgan fingerprint density at radius 1 is 1.44 bits per heavy atom. The number of fused-ring (bicyclic) bond motifs is 1. The minimum Gasteiger partial charge on any atom is -0.493 e. The summed E-state index contributed by atoms with van der Waals surface area (Å²) in [6, 6.07) is 10.2. The fourth-order valence-corrected chi connectivity index (χ4v) is 2.53.